The average Bonchev–Trinajstić information content (AvgIpc) is 2.53. The van der Waals surface area contributed by atoms with E-state index in [1.165, 1.54) is 6.20 Å². The van der Waals surface area contributed by atoms with E-state index in [4.69, 9.17) is 16.3 Å². The first-order chi connectivity index (χ1) is 11.4. The van der Waals surface area contributed by atoms with E-state index in [9.17, 15) is 23.5 Å². The second-order valence-corrected chi connectivity index (χ2v) is 7.69. The van der Waals surface area contributed by atoms with E-state index in [0.717, 1.165) is 6.42 Å². The molecule has 0 spiro atoms. The van der Waals surface area contributed by atoms with Crippen molar-refractivity contribution in [3.63, 3.8) is 0 Å². The number of rotatable bonds is 1. The Morgan fingerprint density at radius 2 is 2.08 bits per heavy atom. The number of morpholine rings is 1. The molecule has 0 aromatic heterocycles. The van der Waals surface area contributed by atoms with Gasteiger partial charge in [-0.15, -0.1) is 11.6 Å². The molecule has 1 N–H and O–H groups in total. The van der Waals surface area contributed by atoms with Crippen LogP contribution in [0.3, 0.4) is 0 Å². The number of carboxylic acids is 1. The lowest BCUT2D eigenvalue weighted by atomic mass is 9.71. The van der Waals surface area contributed by atoms with Gasteiger partial charge in [-0.1, -0.05) is 0 Å². The molecule has 2 saturated carbocycles. The van der Waals surface area contributed by atoms with Crippen molar-refractivity contribution in [2.45, 2.75) is 67.7 Å². The van der Waals surface area contributed by atoms with Crippen molar-refractivity contribution in [3.8, 4) is 0 Å². The van der Waals surface area contributed by atoms with Crippen LogP contribution in [-0.2, 0) is 14.3 Å². The first-order valence-electron chi connectivity index (χ1n) is 8.23. The van der Waals surface area contributed by atoms with Crippen molar-refractivity contribution < 1.29 is 28.2 Å². The minimum atomic E-state index is -1.83. The van der Waals surface area contributed by atoms with Gasteiger partial charge in [0.1, 0.15) is 17.8 Å². The van der Waals surface area contributed by atoms with Crippen molar-refractivity contribution in [1.29, 1.82) is 0 Å². The summed E-state index contributed by atoms with van der Waals surface area (Å²) in [5.41, 5.74) is -0.354. The zero-order valence-corrected chi connectivity index (χ0v) is 13.5. The third-order valence-corrected chi connectivity index (χ3v) is 6.15. The molecule has 0 radical (unpaired) electrons. The van der Waals surface area contributed by atoms with Gasteiger partial charge in [0.05, 0.1) is 18.2 Å². The highest BCUT2D eigenvalue weighted by atomic mass is 35.5. The number of carbonyl (C=O) groups excluding carboxylic acids is 1. The summed E-state index contributed by atoms with van der Waals surface area (Å²) in [5, 5.41) is 9.22. The van der Waals surface area contributed by atoms with Crippen molar-refractivity contribution >= 4 is 23.4 Å². The van der Waals surface area contributed by atoms with Gasteiger partial charge >= 0.3 is 5.97 Å². The largest absolute Gasteiger partial charge is 0.478 e. The number of halogens is 3. The van der Waals surface area contributed by atoms with Crippen molar-refractivity contribution in [3.05, 3.63) is 11.8 Å². The van der Waals surface area contributed by atoms with Gasteiger partial charge in [0.15, 0.2) is 12.0 Å². The van der Waals surface area contributed by atoms with Crippen LogP contribution in [0.4, 0.5) is 8.78 Å². The second kappa shape index (κ2) is 5.66. The first-order valence-corrected chi connectivity index (χ1v) is 8.66. The van der Waals surface area contributed by atoms with Crippen molar-refractivity contribution in [2.24, 2.45) is 5.92 Å². The number of ketones is 1. The summed E-state index contributed by atoms with van der Waals surface area (Å²) in [7, 11) is 0. The van der Waals surface area contributed by atoms with Gasteiger partial charge in [0.25, 0.3) is 0 Å². The summed E-state index contributed by atoms with van der Waals surface area (Å²) in [6, 6.07) is -0.801. The molecule has 2 aliphatic heterocycles. The molecule has 132 valence electrons. The third kappa shape index (κ3) is 2.28. The topological polar surface area (TPSA) is 66.8 Å². The van der Waals surface area contributed by atoms with Gasteiger partial charge in [-0.25, -0.2) is 13.6 Å². The van der Waals surface area contributed by atoms with Crippen LogP contribution in [0.2, 0.25) is 0 Å². The maximum Gasteiger partial charge on any atom is 0.340 e. The van der Waals surface area contributed by atoms with Gasteiger partial charge in [-0.05, 0) is 25.7 Å². The van der Waals surface area contributed by atoms with Crippen LogP contribution in [0.5, 0.6) is 0 Å². The molecule has 2 aliphatic carbocycles. The summed E-state index contributed by atoms with van der Waals surface area (Å²) >= 11 is 6.18. The van der Waals surface area contributed by atoms with E-state index >= 15 is 0 Å². The maximum atomic E-state index is 14.5. The molecule has 0 amide bonds. The molecule has 8 atom stereocenters. The lowest BCUT2D eigenvalue weighted by Crippen LogP contribution is -2.70. The summed E-state index contributed by atoms with van der Waals surface area (Å²) in [6.07, 6.45) is -2.18. The summed E-state index contributed by atoms with van der Waals surface area (Å²) in [5.74, 6) is -2.85. The van der Waals surface area contributed by atoms with Crippen molar-refractivity contribution in [2.75, 3.05) is 0 Å². The molecule has 0 bridgehead atoms. The Bertz CT molecular complexity index is 615. The monoisotopic (exact) mass is 361 g/mol. The van der Waals surface area contributed by atoms with E-state index in [2.05, 4.69) is 0 Å². The fourth-order valence-corrected chi connectivity index (χ4v) is 4.96. The highest BCUT2D eigenvalue weighted by Crippen LogP contribution is 2.46. The maximum absolute atomic E-state index is 14.5. The summed E-state index contributed by atoms with van der Waals surface area (Å²) in [6.45, 7) is 0. The molecular weight excluding hydrogens is 344 g/mol. The lowest BCUT2D eigenvalue weighted by molar-refractivity contribution is -0.209. The van der Waals surface area contributed by atoms with Crippen LogP contribution < -0.4 is 0 Å². The molecule has 8 heteroatoms. The van der Waals surface area contributed by atoms with Crippen LogP contribution in [0, 0.1) is 5.92 Å². The van der Waals surface area contributed by atoms with Gasteiger partial charge in [-0.3, -0.25) is 4.79 Å². The molecule has 0 aromatic carbocycles. The standard InChI is InChI=1S/C16H18ClF2NO4/c17-6-1-2-10-11(3-6)24-15-12(19)9(18)4-7-13(15)20(10)5-8(14(7)21)16(22)23/h5-7,9-13,15H,1-4H2,(H,22,23). The zero-order chi connectivity index (χ0) is 17.2. The molecule has 24 heavy (non-hydrogen) atoms. The molecule has 0 aromatic rings. The van der Waals surface area contributed by atoms with Crippen LogP contribution in [0.25, 0.3) is 0 Å². The van der Waals surface area contributed by atoms with Gasteiger partial charge < -0.3 is 14.7 Å². The summed E-state index contributed by atoms with van der Waals surface area (Å²) in [4.78, 5) is 25.6. The number of alkyl halides is 3. The number of Topliss-reactive ketones (excluding diaryl/α,β-unsaturated/α-hetero) is 1. The van der Waals surface area contributed by atoms with E-state index in [-0.39, 0.29) is 29.5 Å². The first kappa shape index (κ1) is 16.3. The number of carboxylic acid groups (broad SMARTS) is 1. The van der Waals surface area contributed by atoms with Gasteiger partial charge in [0.2, 0.25) is 0 Å². The van der Waals surface area contributed by atoms with Crippen molar-refractivity contribution in [1.82, 2.24) is 4.90 Å². The van der Waals surface area contributed by atoms with Gasteiger partial charge in [0, 0.05) is 17.5 Å². The molecular formula is C16H18ClF2NO4. The zero-order valence-electron chi connectivity index (χ0n) is 12.8. The Kier molecular flexibility index (Phi) is 3.84. The molecule has 3 fully saturated rings. The Hall–Kier alpha value is -1.21. The highest BCUT2D eigenvalue weighted by molar-refractivity contribution is 6.20. The number of aliphatic carboxylic acids is 1. The molecule has 5 nitrogen and oxygen atoms in total. The lowest BCUT2D eigenvalue weighted by Gasteiger charge is -2.58. The fourth-order valence-electron chi connectivity index (χ4n) is 4.66. The molecule has 1 saturated heterocycles. The predicted molar refractivity (Wildman–Crippen MR) is 80.2 cm³/mol. The number of nitrogens with zero attached hydrogens (tertiary/aromatic N) is 1. The number of hydrogen-bond acceptors (Lipinski definition) is 4. The van der Waals surface area contributed by atoms with Gasteiger partial charge in [-0.2, -0.15) is 0 Å². The Balaban J connectivity index is 1.78. The van der Waals surface area contributed by atoms with E-state index in [0.29, 0.717) is 12.8 Å². The van der Waals surface area contributed by atoms with Crippen LogP contribution in [-0.4, -0.2) is 63.8 Å². The van der Waals surface area contributed by atoms with Crippen LogP contribution >= 0.6 is 11.6 Å². The minimum Gasteiger partial charge on any atom is -0.478 e. The number of carbonyl (C=O) groups is 2. The fraction of sp³-hybridized carbons (Fsp3) is 0.750. The Labute approximate surface area is 142 Å². The Morgan fingerprint density at radius 3 is 2.79 bits per heavy atom. The average molecular weight is 362 g/mol. The number of ether oxygens (including phenoxy) is 1. The summed E-state index contributed by atoms with van der Waals surface area (Å²) < 4.78 is 34.4. The third-order valence-electron chi connectivity index (χ3n) is 5.75. The molecule has 4 aliphatic rings. The SMILES string of the molecule is O=C(O)C1=CN2C3CCC(Cl)CC3OC3C(F)C(F)CC(C1=O)C32. The van der Waals surface area contributed by atoms with E-state index in [1.807, 2.05) is 0 Å². The second-order valence-electron chi connectivity index (χ2n) is 7.07. The number of hydrogen-bond donors (Lipinski definition) is 1. The minimum absolute atomic E-state index is 0.101. The molecule has 4 rings (SSSR count). The molecule has 2 heterocycles. The Morgan fingerprint density at radius 1 is 1.33 bits per heavy atom. The predicted octanol–water partition coefficient (Wildman–Crippen LogP) is 1.83. The van der Waals surface area contributed by atoms with E-state index in [1.54, 1.807) is 4.90 Å². The highest BCUT2D eigenvalue weighted by Gasteiger charge is 2.59. The quantitative estimate of drug-likeness (QED) is 0.570. The van der Waals surface area contributed by atoms with E-state index < -0.39 is 42.2 Å². The van der Waals surface area contributed by atoms with Crippen LogP contribution in [0.15, 0.2) is 11.8 Å². The smallest absolute Gasteiger partial charge is 0.340 e. The van der Waals surface area contributed by atoms with Crippen LogP contribution in [0.1, 0.15) is 25.7 Å². The normalized spacial score (nSPS) is 47.5. The molecule has 8 unspecified atom stereocenters. The number of fused-ring (bicyclic) bond motifs is 2.